The molecule has 1 fully saturated rings. The summed E-state index contributed by atoms with van der Waals surface area (Å²) >= 11 is 0. The average Bonchev–Trinajstić information content (AvgIpc) is 2.95. The molecule has 2 aromatic rings. The van der Waals surface area contributed by atoms with Gasteiger partial charge in [0.1, 0.15) is 12.2 Å². The molecule has 2 atom stereocenters. The van der Waals surface area contributed by atoms with E-state index in [0.717, 1.165) is 11.1 Å². The quantitative estimate of drug-likeness (QED) is 0.626. The number of benzene rings is 2. The zero-order chi connectivity index (χ0) is 20.2. The second-order valence-electron chi connectivity index (χ2n) is 7.26. The van der Waals surface area contributed by atoms with E-state index >= 15 is 0 Å². The Morgan fingerprint density at radius 2 is 1.54 bits per heavy atom. The van der Waals surface area contributed by atoms with Crippen molar-refractivity contribution in [2.75, 3.05) is 13.2 Å². The van der Waals surface area contributed by atoms with Gasteiger partial charge in [-0.1, -0.05) is 48.0 Å². The second-order valence-corrected chi connectivity index (χ2v) is 8.88. The van der Waals surface area contributed by atoms with Crippen molar-refractivity contribution in [3.63, 3.8) is 0 Å². The highest BCUT2D eigenvalue weighted by molar-refractivity contribution is 7.86. The molecule has 3 rings (SSSR count). The van der Waals surface area contributed by atoms with Crippen molar-refractivity contribution in [1.82, 2.24) is 0 Å². The summed E-state index contributed by atoms with van der Waals surface area (Å²) in [6.07, 6.45) is -0.974. The fraction of sp³-hybridized carbons (Fsp3) is 0.429. The number of ether oxygens (including phenoxy) is 3. The van der Waals surface area contributed by atoms with E-state index in [2.05, 4.69) is 0 Å². The van der Waals surface area contributed by atoms with Crippen LogP contribution in [0.4, 0.5) is 0 Å². The number of aryl methyl sites for hydroxylation is 1. The average molecular weight is 407 g/mol. The maximum Gasteiger partial charge on any atom is 0.297 e. The van der Waals surface area contributed by atoms with Crippen LogP contribution >= 0.6 is 0 Å². The zero-order valence-electron chi connectivity index (χ0n) is 16.3. The van der Waals surface area contributed by atoms with Gasteiger partial charge in [0.05, 0.1) is 24.7 Å². The van der Waals surface area contributed by atoms with Gasteiger partial charge in [-0.15, -0.1) is 0 Å². The molecule has 0 bridgehead atoms. The SMILES string of the molecule is Cc1ccc(S(=O)(=O)OC[C@@H]2OC(C)(C)O[C@H]2COCc2ccccc2)cc1. The molecule has 1 saturated heterocycles. The first-order valence-corrected chi connectivity index (χ1v) is 10.6. The van der Waals surface area contributed by atoms with Gasteiger partial charge in [0.15, 0.2) is 5.79 Å². The van der Waals surface area contributed by atoms with Crippen molar-refractivity contribution in [1.29, 1.82) is 0 Å². The monoisotopic (exact) mass is 406 g/mol. The molecule has 1 aliphatic heterocycles. The third-order valence-electron chi connectivity index (χ3n) is 4.38. The van der Waals surface area contributed by atoms with Gasteiger partial charge < -0.3 is 14.2 Å². The van der Waals surface area contributed by atoms with Gasteiger partial charge >= 0.3 is 0 Å². The molecule has 152 valence electrons. The molecule has 0 radical (unpaired) electrons. The van der Waals surface area contributed by atoms with E-state index in [0.29, 0.717) is 6.61 Å². The molecule has 1 heterocycles. The highest BCUT2D eigenvalue weighted by atomic mass is 32.2. The van der Waals surface area contributed by atoms with Gasteiger partial charge in [0.25, 0.3) is 10.1 Å². The van der Waals surface area contributed by atoms with Gasteiger partial charge in [0, 0.05) is 0 Å². The fourth-order valence-corrected chi connectivity index (χ4v) is 3.91. The number of hydrogen-bond acceptors (Lipinski definition) is 6. The van der Waals surface area contributed by atoms with Crippen molar-refractivity contribution in [2.45, 2.75) is 50.3 Å². The molecule has 0 saturated carbocycles. The third-order valence-corrected chi connectivity index (χ3v) is 5.67. The van der Waals surface area contributed by atoms with Crippen LogP contribution in [0.25, 0.3) is 0 Å². The number of rotatable bonds is 8. The molecule has 28 heavy (non-hydrogen) atoms. The molecular formula is C21H26O6S. The smallest absolute Gasteiger partial charge is 0.297 e. The molecule has 6 nitrogen and oxygen atoms in total. The summed E-state index contributed by atoms with van der Waals surface area (Å²) in [6, 6.07) is 16.3. The minimum Gasteiger partial charge on any atom is -0.374 e. The Kier molecular flexibility index (Phi) is 6.52. The van der Waals surface area contributed by atoms with Crippen LogP contribution in [0, 0.1) is 6.92 Å². The molecule has 0 spiro atoms. The lowest BCUT2D eigenvalue weighted by Crippen LogP contribution is -2.32. The summed E-state index contributed by atoms with van der Waals surface area (Å²) in [5.74, 6) is -0.831. The van der Waals surface area contributed by atoms with E-state index in [1.165, 1.54) is 12.1 Å². The van der Waals surface area contributed by atoms with Crippen molar-refractivity contribution in [2.24, 2.45) is 0 Å². The molecule has 0 unspecified atom stereocenters. The first-order chi connectivity index (χ1) is 13.3. The van der Waals surface area contributed by atoms with E-state index in [-0.39, 0.29) is 18.1 Å². The van der Waals surface area contributed by atoms with Crippen LogP contribution in [0.2, 0.25) is 0 Å². The minimum absolute atomic E-state index is 0.119. The molecule has 7 heteroatoms. The van der Waals surface area contributed by atoms with Crippen LogP contribution in [0.3, 0.4) is 0 Å². The summed E-state index contributed by atoms with van der Waals surface area (Å²) in [4.78, 5) is 0.119. The maximum absolute atomic E-state index is 12.4. The van der Waals surface area contributed by atoms with Crippen molar-refractivity contribution < 1.29 is 26.8 Å². The van der Waals surface area contributed by atoms with Crippen LogP contribution in [-0.2, 0) is 35.1 Å². The Balaban J connectivity index is 1.58. The molecule has 0 aliphatic carbocycles. The van der Waals surface area contributed by atoms with Crippen molar-refractivity contribution in [3.8, 4) is 0 Å². The normalized spacial score (nSPS) is 21.7. The summed E-state index contributed by atoms with van der Waals surface area (Å²) < 4.78 is 47.5. The lowest BCUT2D eigenvalue weighted by atomic mass is 10.2. The van der Waals surface area contributed by atoms with Gasteiger partial charge in [-0.3, -0.25) is 4.18 Å². The van der Waals surface area contributed by atoms with Gasteiger partial charge in [0.2, 0.25) is 0 Å². The predicted molar refractivity (Wildman–Crippen MR) is 104 cm³/mol. The van der Waals surface area contributed by atoms with E-state index in [4.69, 9.17) is 18.4 Å². The molecule has 0 N–H and O–H groups in total. The van der Waals surface area contributed by atoms with E-state index < -0.39 is 28.1 Å². The Bertz CT molecular complexity index is 862. The van der Waals surface area contributed by atoms with Crippen molar-refractivity contribution >= 4 is 10.1 Å². The van der Waals surface area contributed by atoms with Crippen LogP contribution in [0.1, 0.15) is 25.0 Å². The summed E-state index contributed by atoms with van der Waals surface area (Å²) in [7, 11) is -3.87. The zero-order valence-corrected chi connectivity index (χ0v) is 17.1. The predicted octanol–water partition coefficient (Wildman–Crippen LogP) is 3.44. The summed E-state index contributed by atoms with van der Waals surface area (Å²) in [6.45, 7) is 6.03. The highest BCUT2D eigenvalue weighted by Gasteiger charge is 2.42. The molecule has 1 aliphatic rings. The minimum atomic E-state index is -3.87. The Morgan fingerprint density at radius 1 is 0.929 bits per heavy atom. The first-order valence-electron chi connectivity index (χ1n) is 9.19. The first kappa shape index (κ1) is 21.0. The largest absolute Gasteiger partial charge is 0.374 e. The van der Waals surface area contributed by atoms with Gasteiger partial charge in [-0.2, -0.15) is 8.42 Å². The second kappa shape index (κ2) is 8.71. The maximum atomic E-state index is 12.4. The Labute approximate surface area is 166 Å². The fourth-order valence-electron chi connectivity index (χ4n) is 2.99. The summed E-state index contributed by atoms with van der Waals surface area (Å²) in [5, 5.41) is 0. The van der Waals surface area contributed by atoms with Crippen molar-refractivity contribution in [3.05, 3.63) is 65.7 Å². The summed E-state index contributed by atoms with van der Waals surface area (Å²) in [5.41, 5.74) is 2.03. The molecular weight excluding hydrogens is 380 g/mol. The molecule has 0 aromatic heterocycles. The molecule has 0 amide bonds. The van der Waals surface area contributed by atoms with Gasteiger partial charge in [-0.25, -0.2) is 0 Å². The standard InChI is InChI=1S/C21H26O6S/c1-16-9-11-18(12-10-16)28(22,23)25-15-20-19(26-21(2,3)27-20)14-24-13-17-7-5-4-6-8-17/h4-12,19-20H,13-15H2,1-3H3/t19-,20-/m0/s1. The van der Waals surface area contributed by atoms with E-state index in [1.54, 1.807) is 26.0 Å². The lowest BCUT2D eigenvalue weighted by molar-refractivity contribution is -0.152. The van der Waals surface area contributed by atoms with E-state index in [1.807, 2.05) is 37.3 Å². The highest BCUT2D eigenvalue weighted by Crippen LogP contribution is 2.29. The van der Waals surface area contributed by atoms with E-state index in [9.17, 15) is 8.42 Å². The van der Waals surface area contributed by atoms with Crippen LogP contribution in [0.15, 0.2) is 59.5 Å². The molecule has 2 aromatic carbocycles. The van der Waals surface area contributed by atoms with Gasteiger partial charge in [-0.05, 0) is 38.5 Å². The Hall–Kier alpha value is -1.77. The Morgan fingerprint density at radius 3 is 2.18 bits per heavy atom. The topological polar surface area (TPSA) is 71.1 Å². The number of hydrogen-bond donors (Lipinski definition) is 0. The van der Waals surface area contributed by atoms with Crippen LogP contribution in [0.5, 0.6) is 0 Å². The lowest BCUT2D eigenvalue weighted by Gasteiger charge is -2.17. The van der Waals surface area contributed by atoms with Crippen LogP contribution in [-0.4, -0.2) is 39.6 Å². The van der Waals surface area contributed by atoms with Crippen LogP contribution < -0.4 is 0 Å². The third kappa shape index (κ3) is 5.62.